The van der Waals surface area contributed by atoms with E-state index in [0.29, 0.717) is 6.04 Å². The van der Waals surface area contributed by atoms with Crippen LogP contribution in [-0.2, 0) is 0 Å². The molecular weight excluding hydrogens is 208 g/mol. The molecular formula is C12H15ClN2. The zero-order chi connectivity index (χ0) is 11.0. The second-order valence-electron chi connectivity index (χ2n) is 3.86. The van der Waals surface area contributed by atoms with Gasteiger partial charge in [-0.05, 0) is 44.7 Å². The Morgan fingerprint density at radius 1 is 1.40 bits per heavy atom. The molecule has 1 atom stereocenters. The van der Waals surface area contributed by atoms with Gasteiger partial charge in [-0.15, -0.1) is 0 Å². The third-order valence-corrected chi connectivity index (χ3v) is 3.10. The van der Waals surface area contributed by atoms with Crippen molar-refractivity contribution in [3.63, 3.8) is 0 Å². The summed E-state index contributed by atoms with van der Waals surface area (Å²) in [4.78, 5) is 3.37. The highest BCUT2D eigenvalue weighted by molar-refractivity contribution is 6.31. The maximum Gasteiger partial charge on any atom is 0.0460 e. The number of benzene rings is 1. The molecule has 0 aliphatic heterocycles. The Labute approximate surface area is 94.6 Å². The molecule has 0 saturated carbocycles. The van der Waals surface area contributed by atoms with Gasteiger partial charge in [0.15, 0.2) is 0 Å². The topological polar surface area (TPSA) is 27.8 Å². The molecule has 15 heavy (non-hydrogen) atoms. The summed E-state index contributed by atoms with van der Waals surface area (Å²) in [5, 5.41) is 5.25. The van der Waals surface area contributed by atoms with E-state index in [2.05, 4.69) is 24.1 Å². The van der Waals surface area contributed by atoms with Crippen molar-refractivity contribution in [1.82, 2.24) is 10.3 Å². The van der Waals surface area contributed by atoms with Crippen LogP contribution < -0.4 is 5.32 Å². The molecule has 0 amide bonds. The van der Waals surface area contributed by atoms with Gasteiger partial charge in [-0.1, -0.05) is 11.6 Å². The van der Waals surface area contributed by atoms with Crippen molar-refractivity contribution in [3.8, 4) is 0 Å². The molecule has 0 spiro atoms. The van der Waals surface area contributed by atoms with Crippen LogP contribution in [0.3, 0.4) is 0 Å². The Morgan fingerprint density at radius 3 is 2.80 bits per heavy atom. The second-order valence-corrected chi connectivity index (χ2v) is 4.30. The Bertz CT molecular complexity index is 488. The van der Waals surface area contributed by atoms with Crippen molar-refractivity contribution in [3.05, 3.63) is 34.5 Å². The van der Waals surface area contributed by atoms with E-state index >= 15 is 0 Å². The fraction of sp³-hybridized carbons (Fsp3) is 0.333. The number of aryl methyl sites for hydroxylation is 1. The van der Waals surface area contributed by atoms with Crippen LogP contribution in [0, 0.1) is 6.92 Å². The smallest absolute Gasteiger partial charge is 0.0460 e. The van der Waals surface area contributed by atoms with Crippen LogP contribution in [0.15, 0.2) is 18.2 Å². The van der Waals surface area contributed by atoms with Crippen LogP contribution in [-0.4, -0.2) is 12.0 Å². The molecule has 0 bridgehead atoms. The highest BCUT2D eigenvalue weighted by atomic mass is 35.5. The zero-order valence-corrected chi connectivity index (χ0v) is 9.94. The molecule has 2 N–H and O–H groups in total. The van der Waals surface area contributed by atoms with Crippen molar-refractivity contribution in [2.75, 3.05) is 7.05 Å². The van der Waals surface area contributed by atoms with Gasteiger partial charge in [0.05, 0.1) is 0 Å². The highest BCUT2D eigenvalue weighted by Gasteiger charge is 2.13. The van der Waals surface area contributed by atoms with Crippen molar-refractivity contribution in [1.29, 1.82) is 0 Å². The van der Waals surface area contributed by atoms with E-state index in [9.17, 15) is 0 Å². The van der Waals surface area contributed by atoms with Crippen molar-refractivity contribution >= 4 is 22.5 Å². The molecule has 0 aliphatic carbocycles. The summed E-state index contributed by atoms with van der Waals surface area (Å²) in [6, 6.07) is 6.28. The van der Waals surface area contributed by atoms with Crippen LogP contribution in [0.1, 0.15) is 24.2 Å². The van der Waals surface area contributed by atoms with E-state index in [1.54, 1.807) is 0 Å². The Kier molecular flexibility index (Phi) is 2.72. The van der Waals surface area contributed by atoms with Gasteiger partial charge in [-0.25, -0.2) is 0 Å². The van der Waals surface area contributed by atoms with Crippen LogP contribution in [0.25, 0.3) is 10.9 Å². The number of aromatic amines is 1. The van der Waals surface area contributed by atoms with Crippen molar-refractivity contribution in [2.24, 2.45) is 0 Å². The predicted molar refractivity (Wildman–Crippen MR) is 65.5 cm³/mol. The molecule has 3 heteroatoms. The van der Waals surface area contributed by atoms with Crippen LogP contribution in [0.5, 0.6) is 0 Å². The molecule has 1 aromatic carbocycles. The van der Waals surface area contributed by atoms with E-state index in [4.69, 9.17) is 11.6 Å². The first-order chi connectivity index (χ1) is 7.13. The number of H-pyrrole nitrogens is 1. The summed E-state index contributed by atoms with van der Waals surface area (Å²) in [6.45, 7) is 4.24. The number of hydrogen-bond donors (Lipinski definition) is 2. The van der Waals surface area contributed by atoms with Crippen LogP contribution in [0.2, 0.25) is 5.02 Å². The van der Waals surface area contributed by atoms with Gasteiger partial charge < -0.3 is 10.3 Å². The Morgan fingerprint density at radius 2 is 2.13 bits per heavy atom. The highest BCUT2D eigenvalue weighted by Crippen LogP contribution is 2.29. The monoisotopic (exact) mass is 222 g/mol. The number of halogens is 1. The van der Waals surface area contributed by atoms with Gasteiger partial charge in [0.1, 0.15) is 0 Å². The van der Waals surface area contributed by atoms with E-state index in [0.717, 1.165) is 10.5 Å². The number of hydrogen-bond acceptors (Lipinski definition) is 1. The summed E-state index contributed by atoms with van der Waals surface area (Å²) < 4.78 is 0. The fourth-order valence-electron chi connectivity index (χ4n) is 2.02. The molecule has 80 valence electrons. The van der Waals surface area contributed by atoms with Crippen LogP contribution >= 0.6 is 11.6 Å². The van der Waals surface area contributed by atoms with Crippen LogP contribution in [0.4, 0.5) is 0 Å². The third-order valence-electron chi connectivity index (χ3n) is 2.86. The average molecular weight is 223 g/mol. The van der Waals surface area contributed by atoms with E-state index in [1.165, 1.54) is 16.6 Å². The summed E-state index contributed by atoms with van der Waals surface area (Å²) in [7, 11) is 1.97. The molecule has 0 radical (unpaired) electrons. The van der Waals surface area contributed by atoms with Gasteiger partial charge in [0.25, 0.3) is 0 Å². The van der Waals surface area contributed by atoms with Gasteiger partial charge in [0.2, 0.25) is 0 Å². The fourth-order valence-corrected chi connectivity index (χ4v) is 2.19. The maximum atomic E-state index is 6.01. The van der Waals surface area contributed by atoms with Gasteiger partial charge in [0, 0.05) is 27.7 Å². The standard InChI is InChI=1S/C12H15ClN2/c1-7(14-3)12-8(2)15-11-5-4-9(13)6-10(11)12/h4-7,14-15H,1-3H3. The molecule has 2 rings (SSSR count). The molecule has 0 aliphatic rings. The summed E-state index contributed by atoms with van der Waals surface area (Å²) in [5.74, 6) is 0. The van der Waals surface area contributed by atoms with Gasteiger partial charge in [-0.2, -0.15) is 0 Å². The first-order valence-corrected chi connectivity index (χ1v) is 5.46. The maximum absolute atomic E-state index is 6.01. The molecule has 0 fully saturated rings. The lowest BCUT2D eigenvalue weighted by Gasteiger charge is -2.10. The Hall–Kier alpha value is -0.990. The lowest BCUT2D eigenvalue weighted by atomic mass is 10.0. The molecule has 0 saturated heterocycles. The minimum atomic E-state index is 0.331. The molecule has 1 unspecified atom stereocenters. The molecule has 2 nitrogen and oxygen atoms in total. The number of rotatable bonds is 2. The first-order valence-electron chi connectivity index (χ1n) is 5.08. The number of aromatic nitrogens is 1. The lowest BCUT2D eigenvalue weighted by molar-refractivity contribution is 0.653. The van der Waals surface area contributed by atoms with E-state index < -0.39 is 0 Å². The zero-order valence-electron chi connectivity index (χ0n) is 9.19. The molecule has 1 aromatic heterocycles. The molecule has 1 heterocycles. The largest absolute Gasteiger partial charge is 0.358 e. The van der Waals surface area contributed by atoms with E-state index in [1.807, 2.05) is 25.2 Å². The third kappa shape index (κ3) is 1.75. The SMILES string of the molecule is CNC(C)c1c(C)[nH]c2ccc(Cl)cc12. The number of fused-ring (bicyclic) bond motifs is 1. The van der Waals surface area contributed by atoms with Crippen molar-refractivity contribution in [2.45, 2.75) is 19.9 Å². The van der Waals surface area contributed by atoms with Gasteiger partial charge >= 0.3 is 0 Å². The normalized spacial score (nSPS) is 13.3. The quantitative estimate of drug-likeness (QED) is 0.801. The average Bonchev–Trinajstić information content (AvgIpc) is 2.52. The first kappa shape index (κ1) is 10.5. The summed E-state index contributed by atoms with van der Waals surface area (Å²) in [5.41, 5.74) is 3.65. The molecule has 2 aromatic rings. The minimum absolute atomic E-state index is 0.331. The lowest BCUT2D eigenvalue weighted by Crippen LogP contribution is -2.12. The second kappa shape index (κ2) is 3.87. The van der Waals surface area contributed by atoms with Gasteiger partial charge in [-0.3, -0.25) is 0 Å². The van der Waals surface area contributed by atoms with E-state index in [-0.39, 0.29) is 0 Å². The summed E-state index contributed by atoms with van der Waals surface area (Å²) in [6.07, 6.45) is 0. The Balaban J connectivity index is 2.70. The van der Waals surface area contributed by atoms with Crippen molar-refractivity contribution < 1.29 is 0 Å². The summed E-state index contributed by atoms with van der Waals surface area (Å²) >= 11 is 6.01. The predicted octanol–water partition coefficient (Wildman–Crippen LogP) is 3.41. The minimum Gasteiger partial charge on any atom is -0.358 e. The number of nitrogens with one attached hydrogen (secondary N) is 2.